The Kier molecular flexibility index (Phi) is 7.78. The lowest BCUT2D eigenvalue weighted by molar-refractivity contribution is -0.145. The minimum Gasteiger partial charge on any atom is -0.317 e. The van der Waals surface area contributed by atoms with E-state index in [0.29, 0.717) is 13.1 Å². The standard InChI is InChI=1S/C10H21F3N2/c1-3-6-14-7-5-8-15(4-2)9-10(11,12)13/h14H,3-9H2,1-2H3. The Balaban J connectivity index is 3.53. The van der Waals surface area contributed by atoms with E-state index in [-0.39, 0.29) is 0 Å². The molecule has 0 aromatic heterocycles. The van der Waals surface area contributed by atoms with Crippen LogP contribution >= 0.6 is 0 Å². The summed E-state index contributed by atoms with van der Waals surface area (Å²) < 4.78 is 36.2. The van der Waals surface area contributed by atoms with Gasteiger partial charge in [-0.2, -0.15) is 13.2 Å². The molecule has 0 amide bonds. The maximum Gasteiger partial charge on any atom is 0.401 e. The molecule has 0 atom stereocenters. The van der Waals surface area contributed by atoms with Crippen LogP contribution in [0.5, 0.6) is 0 Å². The highest BCUT2D eigenvalue weighted by atomic mass is 19.4. The summed E-state index contributed by atoms with van der Waals surface area (Å²) in [6.45, 7) is 5.71. The van der Waals surface area contributed by atoms with Crippen molar-refractivity contribution in [3.05, 3.63) is 0 Å². The minimum absolute atomic E-state index is 0.452. The molecule has 0 saturated heterocycles. The second-order valence-corrected chi connectivity index (χ2v) is 3.59. The van der Waals surface area contributed by atoms with Gasteiger partial charge in [0.25, 0.3) is 0 Å². The van der Waals surface area contributed by atoms with Gasteiger partial charge in [0.1, 0.15) is 0 Å². The smallest absolute Gasteiger partial charge is 0.317 e. The largest absolute Gasteiger partial charge is 0.401 e. The summed E-state index contributed by atoms with van der Waals surface area (Å²) in [4.78, 5) is 1.42. The molecule has 0 aliphatic carbocycles. The van der Waals surface area contributed by atoms with E-state index >= 15 is 0 Å². The van der Waals surface area contributed by atoms with Crippen molar-refractivity contribution in [1.29, 1.82) is 0 Å². The first-order valence-electron chi connectivity index (χ1n) is 5.49. The van der Waals surface area contributed by atoms with Gasteiger partial charge < -0.3 is 5.32 Å². The van der Waals surface area contributed by atoms with Crippen LogP contribution in [0.1, 0.15) is 26.7 Å². The molecule has 0 heterocycles. The Morgan fingerprint density at radius 1 is 1.13 bits per heavy atom. The van der Waals surface area contributed by atoms with Crippen molar-refractivity contribution in [3.8, 4) is 0 Å². The van der Waals surface area contributed by atoms with Crippen LogP contribution in [0.3, 0.4) is 0 Å². The van der Waals surface area contributed by atoms with E-state index in [0.717, 1.165) is 25.9 Å². The van der Waals surface area contributed by atoms with Crippen LogP contribution in [0.2, 0.25) is 0 Å². The van der Waals surface area contributed by atoms with Crippen molar-refractivity contribution in [1.82, 2.24) is 10.2 Å². The van der Waals surface area contributed by atoms with Gasteiger partial charge in [-0.05, 0) is 39.0 Å². The van der Waals surface area contributed by atoms with E-state index in [9.17, 15) is 13.2 Å². The number of rotatable bonds is 8. The molecule has 0 spiro atoms. The normalized spacial score (nSPS) is 12.4. The van der Waals surface area contributed by atoms with E-state index < -0.39 is 12.7 Å². The molecule has 0 aliphatic rings. The Morgan fingerprint density at radius 3 is 2.27 bits per heavy atom. The molecular formula is C10H21F3N2. The summed E-state index contributed by atoms with van der Waals surface area (Å²) in [5.41, 5.74) is 0. The maximum absolute atomic E-state index is 12.1. The lowest BCUT2D eigenvalue weighted by Gasteiger charge is -2.21. The highest BCUT2D eigenvalue weighted by molar-refractivity contribution is 4.62. The molecule has 0 aliphatic heterocycles. The van der Waals surface area contributed by atoms with Crippen molar-refractivity contribution in [3.63, 3.8) is 0 Å². The van der Waals surface area contributed by atoms with Crippen molar-refractivity contribution in [2.45, 2.75) is 32.9 Å². The molecule has 5 heteroatoms. The fourth-order valence-corrected chi connectivity index (χ4v) is 1.33. The van der Waals surface area contributed by atoms with Crippen LogP contribution in [0.25, 0.3) is 0 Å². The van der Waals surface area contributed by atoms with Crippen molar-refractivity contribution < 1.29 is 13.2 Å². The highest BCUT2D eigenvalue weighted by Crippen LogP contribution is 2.16. The zero-order chi connectivity index (χ0) is 11.7. The van der Waals surface area contributed by atoms with E-state index in [2.05, 4.69) is 12.2 Å². The first-order chi connectivity index (χ1) is 6.99. The lowest BCUT2D eigenvalue weighted by Crippen LogP contribution is -2.35. The van der Waals surface area contributed by atoms with Gasteiger partial charge in [-0.25, -0.2) is 0 Å². The summed E-state index contributed by atoms with van der Waals surface area (Å²) in [7, 11) is 0. The number of halogens is 3. The summed E-state index contributed by atoms with van der Waals surface area (Å²) in [5, 5.41) is 3.17. The van der Waals surface area contributed by atoms with Crippen LogP contribution < -0.4 is 5.32 Å². The Bertz CT molecular complexity index is 148. The van der Waals surface area contributed by atoms with Gasteiger partial charge in [0.15, 0.2) is 0 Å². The Labute approximate surface area is 89.8 Å². The third kappa shape index (κ3) is 10.0. The Hall–Kier alpha value is -0.290. The molecule has 15 heavy (non-hydrogen) atoms. The molecule has 0 unspecified atom stereocenters. The van der Waals surface area contributed by atoms with Gasteiger partial charge in [-0.1, -0.05) is 13.8 Å². The third-order valence-electron chi connectivity index (χ3n) is 2.10. The van der Waals surface area contributed by atoms with E-state index in [1.807, 2.05) is 0 Å². The molecule has 0 fully saturated rings. The molecule has 0 bridgehead atoms. The summed E-state index contributed by atoms with van der Waals surface area (Å²) in [5.74, 6) is 0. The van der Waals surface area contributed by atoms with E-state index in [1.54, 1.807) is 6.92 Å². The fraction of sp³-hybridized carbons (Fsp3) is 1.00. The first-order valence-corrected chi connectivity index (χ1v) is 5.49. The van der Waals surface area contributed by atoms with Gasteiger partial charge in [0.2, 0.25) is 0 Å². The minimum atomic E-state index is -4.08. The molecular weight excluding hydrogens is 205 g/mol. The molecule has 2 nitrogen and oxygen atoms in total. The summed E-state index contributed by atoms with van der Waals surface area (Å²) in [6, 6.07) is 0. The molecule has 1 N–H and O–H groups in total. The van der Waals surface area contributed by atoms with Crippen LogP contribution in [-0.2, 0) is 0 Å². The SMILES string of the molecule is CCCNCCCN(CC)CC(F)(F)F. The van der Waals surface area contributed by atoms with Gasteiger partial charge in [0.05, 0.1) is 6.54 Å². The lowest BCUT2D eigenvalue weighted by atomic mass is 10.3. The van der Waals surface area contributed by atoms with Gasteiger partial charge >= 0.3 is 6.18 Å². The fourth-order valence-electron chi connectivity index (χ4n) is 1.33. The number of hydrogen-bond donors (Lipinski definition) is 1. The predicted molar refractivity (Wildman–Crippen MR) is 55.9 cm³/mol. The van der Waals surface area contributed by atoms with Gasteiger partial charge in [-0.3, -0.25) is 4.90 Å². The zero-order valence-corrected chi connectivity index (χ0v) is 9.53. The average molecular weight is 226 g/mol. The Morgan fingerprint density at radius 2 is 1.80 bits per heavy atom. The quantitative estimate of drug-likeness (QED) is 0.639. The zero-order valence-electron chi connectivity index (χ0n) is 9.53. The number of hydrogen-bond acceptors (Lipinski definition) is 2. The predicted octanol–water partition coefficient (Wildman–Crippen LogP) is 2.26. The highest BCUT2D eigenvalue weighted by Gasteiger charge is 2.29. The van der Waals surface area contributed by atoms with Crippen LogP contribution in [-0.4, -0.2) is 43.8 Å². The van der Waals surface area contributed by atoms with E-state index in [1.165, 1.54) is 4.90 Å². The third-order valence-corrected chi connectivity index (χ3v) is 2.10. The van der Waals surface area contributed by atoms with Crippen LogP contribution in [0.15, 0.2) is 0 Å². The van der Waals surface area contributed by atoms with Crippen LogP contribution in [0, 0.1) is 0 Å². The molecule has 92 valence electrons. The monoisotopic (exact) mass is 226 g/mol. The molecule has 0 rings (SSSR count). The van der Waals surface area contributed by atoms with E-state index in [4.69, 9.17) is 0 Å². The molecule has 0 radical (unpaired) electrons. The van der Waals surface area contributed by atoms with Gasteiger partial charge in [0, 0.05) is 0 Å². The molecule has 0 aromatic rings. The number of nitrogens with one attached hydrogen (secondary N) is 1. The molecule has 0 saturated carbocycles. The van der Waals surface area contributed by atoms with Crippen molar-refractivity contribution >= 4 is 0 Å². The first kappa shape index (κ1) is 14.7. The van der Waals surface area contributed by atoms with Crippen LogP contribution in [0.4, 0.5) is 13.2 Å². The second kappa shape index (κ2) is 7.93. The molecule has 0 aromatic carbocycles. The number of nitrogens with zero attached hydrogens (tertiary/aromatic N) is 1. The number of alkyl halides is 3. The van der Waals surface area contributed by atoms with Crippen molar-refractivity contribution in [2.24, 2.45) is 0 Å². The summed E-state index contributed by atoms with van der Waals surface area (Å²) >= 11 is 0. The maximum atomic E-state index is 12.1. The topological polar surface area (TPSA) is 15.3 Å². The van der Waals surface area contributed by atoms with Crippen molar-refractivity contribution in [2.75, 3.05) is 32.7 Å². The average Bonchev–Trinajstić information content (AvgIpc) is 2.14. The van der Waals surface area contributed by atoms with Gasteiger partial charge in [-0.15, -0.1) is 0 Å². The second-order valence-electron chi connectivity index (χ2n) is 3.59. The summed E-state index contributed by atoms with van der Waals surface area (Å²) in [6.07, 6.45) is -2.25.